The predicted molar refractivity (Wildman–Crippen MR) is 113 cm³/mol. The Balaban J connectivity index is 1.67. The van der Waals surface area contributed by atoms with Crippen molar-refractivity contribution in [2.45, 2.75) is 33.7 Å². The van der Waals surface area contributed by atoms with Crippen molar-refractivity contribution in [3.05, 3.63) is 59.4 Å². The summed E-state index contributed by atoms with van der Waals surface area (Å²) in [7, 11) is 0. The molecule has 1 unspecified atom stereocenters. The third kappa shape index (κ3) is 4.58. The molecule has 0 saturated carbocycles. The van der Waals surface area contributed by atoms with Crippen LogP contribution in [0.1, 0.15) is 31.4 Å². The quantitative estimate of drug-likeness (QED) is 0.776. The van der Waals surface area contributed by atoms with Crippen LogP contribution in [0.5, 0.6) is 0 Å². The molecule has 29 heavy (non-hydrogen) atoms. The number of hydrogen-bond donors (Lipinski definition) is 1. The average Bonchev–Trinajstić information content (AvgIpc) is 3.10. The van der Waals surface area contributed by atoms with Crippen molar-refractivity contribution in [3.63, 3.8) is 0 Å². The number of nitrogens with zero attached hydrogens (tertiary/aromatic N) is 2. The highest BCUT2D eigenvalue weighted by atomic mass is 19.1. The molecule has 2 amide bonds. The van der Waals surface area contributed by atoms with Gasteiger partial charge in [0.05, 0.1) is 5.92 Å². The summed E-state index contributed by atoms with van der Waals surface area (Å²) in [5.41, 5.74) is 3.41. The van der Waals surface area contributed by atoms with Crippen LogP contribution < -0.4 is 15.1 Å². The van der Waals surface area contributed by atoms with E-state index in [0.717, 1.165) is 30.0 Å². The molecular weight excluding hydrogens is 369 g/mol. The van der Waals surface area contributed by atoms with Crippen LogP contribution in [0.2, 0.25) is 0 Å². The highest BCUT2D eigenvalue weighted by molar-refractivity contribution is 6.01. The first-order valence-electron chi connectivity index (χ1n) is 10.1. The zero-order chi connectivity index (χ0) is 21.0. The van der Waals surface area contributed by atoms with Gasteiger partial charge in [0.25, 0.3) is 0 Å². The summed E-state index contributed by atoms with van der Waals surface area (Å²) < 4.78 is 13.7. The molecule has 1 aliphatic rings. The summed E-state index contributed by atoms with van der Waals surface area (Å²) in [5.74, 6) is -1.06. The lowest BCUT2D eigenvalue weighted by atomic mass is 10.1. The number of hydrogen-bond acceptors (Lipinski definition) is 3. The molecule has 6 heteroatoms. The largest absolute Gasteiger partial charge is 0.372 e. The third-order valence-electron chi connectivity index (χ3n) is 5.51. The smallest absolute Gasteiger partial charge is 0.227 e. The normalized spacial score (nSPS) is 16.2. The number of aryl methyl sites for hydroxylation is 1. The minimum Gasteiger partial charge on any atom is -0.372 e. The summed E-state index contributed by atoms with van der Waals surface area (Å²) in [5, 5.41) is 2.76. The number of amides is 2. The minimum absolute atomic E-state index is 0.0604. The number of anilines is 2. The number of halogens is 1. The van der Waals surface area contributed by atoms with Crippen LogP contribution in [0.3, 0.4) is 0 Å². The van der Waals surface area contributed by atoms with Crippen molar-refractivity contribution in [2.24, 2.45) is 5.92 Å². The lowest BCUT2D eigenvalue weighted by Gasteiger charge is -2.24. The fourth-order valence-electron chi connectivity index (χ4n) is 3.81. The molecule has 1 aliphatic heterocycles. The first kappa shape index (κ1) is 20.8. The highest BCUT2D eigenvalue weighted by Gasteiger charge is 2.35. The third-order valence-corrected chi connectivity index (χ3v) is 5.51. The number of rotatable bonds is 7. The SMILES string of the molecule is CCN(CC)c1ccc(N2CC(C(=O)NCc3ccccc3F)CC2=O)c(C)c1. The van der Waals surface area contributed by atoms with E-state index in [9.17, 15) is 14.0 Å². The summed E-state index contributed by atoms with van der Waals surface area (Å²) in [6, 6.07) is 12.4. The van der Waals surface area contributed by atoms with Gasteiger partial charge in [-0.2, -0.15) is 0 Å². The highest BCUT2D eigenvalue weighted by Crippen LogP contribution is 2.31. The Bertz CT molecular complexity index is 895. The van der Waals surface area contributed by atoms with E-state index in [1.54, 1.807) is 23.1 Å². The van der Waals surface area contributed by atoms with Crippen molar-refractivity contribution >= 4 is 23.2 Å². The lowest BCUT2D eigenvalue weighted by Crippen LogP contribution is -2.33. The summed E-state index contributed by atoms with van der Waals surface area (Å²) in [6.45, 7) is 8.51. The second-order valence-corrected chi connectivity index (χ2v) is 7.36. The molecule has 0 aliphatic carbocycles. The van der Waals surface area contributed by atoms with Gasteiger partial charge in [0.1, 0.15) is 5.82 Å². The standard InChI is InChI=1S/C23H28FN3O2/c1-4-26(5-2)19-10-11-21(16(3)12-19)27-15-18(13-22(27)28)23(29)25-14-17-8-6-7-9-20(17)24/h6-12,18H,4-5,13-15H2,1-3H3,(H,25,29). The number of benzene rings is 2. The van der Waals surface area contributed by atoms with Crippen LogP contribution in [0.15, 0.2) is 42.5 Å². The van der Waals surface area contributed by atoms with E-state index >= 15 is 0 Å². The average molecular weight is 397 g/mol. The Morgan fingerprint density at radius 2 is 1.93 bits per heavy atom. The second-order valence-electron chi connectivity index (χ2n) is 7.36. The molecule has 1 saturated heterocycles. The Morgan fingerprint density at radius 1 is 1.21 bits per heavy atom. The fraction of sp³-hybridized carbons (Fsp3) is 0.391. The molecule has 1 atom stereocenters. The van der Waals surface area contributed by atoms with Crippen molar-refractivity contribution in [2.75, 3.05) is 29.4 Å². The van der Waals surface area contributed by atoms with Crippen LogP contribution in [-0.2, 0) is 16.1 Å². The molecule has 0 bridgehead atoms. The van der Waals surface area contributed by atoms with Gasteiger partial charge < -0.3 is 15.1 Å². The molecule has 0 aromatic heterocycles. The summed E-state index contributed by atoms with van der Waals surface area (Å²) in [4.78, 5) is 29.1. The van der Waals surface area contributed by atoms with Gasteiger partial charge in [-0.05, 0) is 50.6 Å². The lowest BCUT2D eigenvalue weighted by molar-refractivity contribution is -0.126. The van der Waals surface area contributed by atoms with Crippen LogP contribution in [0.4, 0.5) is 15.8 Å². The van der Waals surface area contributed by atoms with Crippen LogP contribution >= 0.6 is 0 Å². The molecule has 1 fully saturated rings. The van der Waals surface area contributed by atoms with Crippen LogP contribution in [0.25, 0.3) is 0 Å². The monoisotopic (exact) mass is 397 g/mol. The van der Waals surface area contributed by atoms with Gasteiger partial charge in [-0.1, -0.05) is 18.2 Å². The van der Waals surface area contributed by atoms with Crippen molar-refractivity contribution in [1.82, 2.24) is 5.32 Å². The number of carbonyl (C=O) groups is 2. The molecule has 0 radical (unpaired) electrons. The Hall–Kier alpha value is -2.89. The molecule has 3 rings (SSSR count). The molecule has 5 nitrogen and oxygen atoms in total. The topological polar surface area (TPSA) is 52.6 Å². The van der Waals surface area contributed by atoms with E-state index in [4.69, 9.17) is 0 Å². The van der Waals surface area contributed by atoms with E-state index in [1.165, 1.54) is 6.07 Å². The van der Waals surface area contributed by atoms with Gasteiger partial charge in [0.2, 0.25) is 11.8 Å². The van der Waals surface area contributed by atoms with E-state index in [1.807, 2.05) is 19.1 Å². The maximum Gasteiger partial charge on any atom is 0.227 e. The van der Waals surface area contributed by atoms with Crippen molar-refractivity contribution < 1.29 is 14.0 Å². The van der Waals surface area contributed by atoms with Gasteiger partial charge >= 0.3 is 0 Å². The molecule has 1 heterocycles. The van der Waals surface area contributed by atoms with Crippen molar-refractivity contribution in [3.8, 4) is 0 Å². The maximum atomic E-state index is 13.7. The zero-order valence-corrected chi connectivity index (χ0v) is 17.2. The minimum atomic E-state index is -0.434. The van der Waals surface area contributed by atoms with Gasteiger partial charge in [-0.3, -0.25) is 9.59 Å². The summed E-state index contributed by atoms with van der Waals surface area (Å²) in [6.07, 6.45) is 0.167. The van der Waals surface area contributed by atoms with E-state index in [-0.39, 0.29) is 30.6 Å². The van der Waals surface area contributed by atoms with Gasteiger partial charge in [0, 0.05) is 49.5 Å². The van der Waals surface area contributed by atoms with E-state index in [0.29, 0.717) is 12.1 Å². The molecular formula is C23H28FN3O2. The number of nitrogens with one attached hydrogen (secondary N) is 1. The zero-order valence-electron chi connectivity index (χ0n) is 17.2. The Labute approximate surface area is 171 Å². The maximum absolute atomic E-state index is 13.7. The molecule has 1 N–H and O–H groups in total. The first-order valence-corrected chi connectivity index (χ1v) is 10.1. The summed E-state index contributed by atoms with van der Waals surface area (Å²) >= 11 is 0. The van der Waals surface area contributed by atoms with Crippen molar-refractivity contribution in [1.29, 1.82) is 0 Å². The van der Waals surface area contributed by atoms with E-state index in [2.05, 4.69) is 30.1 Å². The molecule has 2 aromatic rings. The van der Waals surface area contributed by atoms with E-state index < -0.39 is 5.92 Å². The molecule has 0 spiro atoms. The second kappa shape index (κ2) is 9.07. The molecule has 154 valence electrons. The molecule has 2 aromatic carbocycles. The Kier molecular flexibility index (Phi) is 6.52. The fourth-order valence-corrected chi connectivity index (χ4v) is 3.81. The predicted octanol–water partition coefficient (Wildman–Crippen LogP) is 3.65. The van der Waals surface area contributed by atoms with Gasteiger partial charge in [-0.15, -0.1) is 0 Å². The van der Waals surface area contributed by atoms with Gasteiger partial charge in [-0.25, -0.2) is 4.39 Å². The first-order chi connectivity index (χ1) is 13.9. The number of carbonyl (C=O) groups excluding carboxylic acids is 2. The Morgan fingerprint density at radius 3 is 2.59 bits per heavy atom. The van der Waals surface area contributed by atoms with Gasteiger partial charge in [0.15, 0.2) is 0 Å². The van der Waals surface area contributed by atoms with Crippen LogP contribution in [0, 0.1) is 18.7 Å². The van der Waals surface area contributed by atoms with Crippen LogP contribution in [-0.4, -0.2) is 31.4 Å².